The van der Waals surface area contributed by atoms with Crippen molar-refractivity contribution < 1.29 is 9.53 Å². The second-order valence-electron chi connectivity index (χ2n) is 6.08. The number of nitrogens with zero attached hydrogens (tertiary/aromatic N) is 1. The first-order chi connectivity index (χ1) is 11.7. The van der Waals surface area contributed by atoms with Gasteiger partial charge >= 0.3 is 0 Å². The van der Waals surface area contributed by atoms with Crippen LogP contribution in [0.2, 0.25) is 0 Å². The first-order valence-corrected chi connectivity index (χ1v) is 9.23. The number of ether oxygens (including phenoxy) is 1. The summed E-state index contributed by atoms with van der Waals surface area (Å²) in [6, 6.07) is 11.9. The van der Waals surface area contributed by atoms with E-state index in [1.54, 1.807) is 24.9 Å². The van der Waals surface area contributed by atoms with Crippen molar-refractivity contribution in [2.24, 2.45) is 5.92 Å². The summed E-state index contributed by atoms with van der Waals surface area (Å²) in [4.78, 5) is 17.4. The van der Waals surface area contributed by atoms with Gasteiger partial charge in [0.05, 0.1) is 6.61 Å². The molecule has 0 spiro atoms. The molecule has 0 saturated heterocycles. The van der Waals surface area contributed by atoms with Crippen molar-refractivity contribution >= 4 is 23.4 Å². The van der Waals surface area contributed by atoms with E-state index < -0.39 is 6.10 Å². The summed E-state index contributed by atoms with van der Waals surface area (Å²) in [5, 5.41) is 2.90. The van der Waals surface area contributed by atoms with Crippen molar-refractivity contribution in [3.8, 4) is 0 Å². The lowest BCUT2D eigenvalue weighted by molar-refractivity contribution is -0.126. The smallest absolute Gasteiger partial charge is 0.253 e. The molecule has 3 rings (SSSR count). The Hall–Kier alpha value is -1.85. The second-order valence-corrected chi connectivity index (χ2v) is 7.13. The average Bonchev–Trinajstić information content (AvgIpc) is 3.44. The van der Waals surface area contributed by atoms with E-state index in [2.05, 4.69) is 16.4 Å². The molecule has 0 unspecified atom stereocenters. The maximum Gasteiger partial charge on any atom is 0.253 e. The number of hydrogen-bond donors (Lipinski definition) is 1. The topological polar surface area (TPSA) is 51.2 Å². The van der Waals surface area contributed by atoms with Crippen LogP contribution in [0.5, 0.6) is 0 Å². The molecule has 1 aliphatic rings. The average molecular weight is 342 g/mol. The van der Waals surface area contributed by atoms with Gasteiger partial charge in [0.2, 0.25) is 0 Å². The number of pyridine rings is 1. The summed E-state index contributed by atoms with van der Waals surface area (Å²) in [7, 11) is 0. The number of hydrogen-bond acceptors (Lipinski definition) is 4. The third-order valence-corrected chi connectivity index (χ3v) is 4.98. The Labute approximate surface area is 147 Å². The highest BCUT2D eigenvalue weighted by Crippen LogP contribution is 2.29. The highest BCUT2D eigenvalue weighted by molar-refractivity contribution is 7.98. The van der Waals surface area contributed by atoms with E-state index in [1.807, 2.05) is 36.5 Å². The fourth-order valence-electron chi connectivity index (χ4n) is 2.17. The van der Waals surface area contributed by atoms with Crippen LogP contribution in [0.15, 0.2) is 53.7 Å². The van der Waals surface area contributed by atoms with Crippen LogP contribution in [-0.4, -0.2) is 23.6 Å². The summed E-state index contributed by atoms with van der Waals surface area (Å²) >= 11 is 1.75. The summed E-state index contributed by atoms with van der Waals surface area (Å²) in [5.74, 6) is 1.45. The molecule has 5 heteroatoms. The Bertz CT molecular complexity index is 657. The van der Waals surface area contributed by atoms with Crippen molar-refractivity contribution in [2.75, 3.05) is 11.9 Å². The number of nitrogens with one attached hydrogen (secondary N) is 1. The molecule has 126 valence electrons. The van der Waals surface area contributed by atoms with Crippen LogP contribution in [0.1, 0.15) is 25.3 Å². The third-order valence-electron chi connectivity index (χ3n) is 3.90. The van der Waals surface area contributed by atoms with Gasteiger partial charge in [0.15, 0.2) is 0 Å². The molecule has 1 saturated carbocycles. The lowest BCUT2D eigenvalue weighted by Crippen LogP contribution is -2.28. The van der Waals surface area contributed by atoms with Crippen molar-refractivity contribution in [3.63, 3.8) is 0 Å². The number of carbonyl (C=O) groups excluding carboxylic acids is 1. The fourth-order valence-corrected chi connectivity index (χ4v) is 3.00. The normalized spacial score (nSPS) is 15.0. The number of anilines is 1. The molecule has 4 nitrogen and oxygen atoms in total. The molecule has 1 N–H and O–H groups in total. The first kappa shape index (κ1) is 17.0. The van der Waals surface area contributed by atoms with Gasteiger partial charge in [-0.2, -0.15) is 0 Å². The zero-order valence-electron chi connectivity index (χ0n) is 13.8. The zero-order valence-corrected chi connectivity index (χ0v) is 14.6. The van der Waals surface area contributed by atoms with Gasteiger partial charge in [-0.3, -0.25) is 9.78 Å². The van der Waals surface area contributed by atoms with Crippen LogP contribution < -0.4 is 5.32 Å². The lowest BCUT2D eigenvalue weighted by Gasteiger charge is -2.13. The van der Waals surface area contributed by atoms with Crippen LogP contribution in [-0.2, 0) is 15.3 Å². The molecular formula is C19H22N2O2S. The number of aromatic nitrogens is 1. The van der Waals surface area contributed by atoms with E-state index in [0.29, 0.717) is 12.5 Å². The molecule has 1 fully saturated rings. The fraction of sp³-hybridized carbons (Fsp3) is 0.368. The summed E-state index contributed by atoms with van der Waals surface area (Å²) < 4.78 is 5.59. The van der Waals surface area contributed by atoms with Crippen LogP contribution in [0.3, 0.4) is 0 Å². The second kappa shape index (κ2) is 8.31. The molecule has 2 aromatic rings. The lowest BCUT2D eigenvalue weighted by atomic mass is 10.3. The minimum Gasteiger partial charge on any atom is -0.368 e. The molecular weight excluding hydrogens is 320 g/mol. The molecule has 1 heterocycles. The maximum atomic E-state index is 12.1. The highest BCUT2D eigenvalue weighted by atomic mass is 32.2. The number of benzene rings is 1. The Morgan fingerprint density at radius 1 is 1.33 bits per heavy atom. The highest BCUT2D eigenvalue weighted by Gasteiger charge is 2.24. The number of rotatable bonds is 8. The van der Waals surface area contributed by atoms with E-state index in [4.69, 9.17) is 4.74 Å². The summed E-state index contributed by atoms with van der Waals surface area (Å²) in [6.45, 7) is 2.49. The van der Waals surface area contributed by atoms with Gasteiger partial charge in [-0.15, -0.1) is 11.8 Å². The third kappa shape index (κ3) is 5.35. The Morgan fingerprint density at radius 2 is 2.12 bits per heavy atom. The molecule has 0 bridgehead atoms. The van der Waals surface area contributed by atoms with E-state index in [1.165, 1.54) is 18.4 Å². The van der Waals surface area contributed by atoms with Crippen molar-refractivity contribution in [1.29, 1.82) is 0 Å². The van der Waals surface area contributed by atoms with E-state index in [-0.39, 0.29) is 5.91 Å². The Balaban J connectivity index is 1.45. The molecule has 1 atom stereocenters. The SMILES string of the molecule is C[C@@H](OCC1CC1)C(=O)Nc1ccc(SCc2cccnc2)cc1. The zero-order chi connectivity index (χ0) is 16.8. The number of amides is 1. The van der Waals surface area contributed by atoms with E-state index >= 15 is 0 Å². The van der Waals surface area contributed by atoms with Crippen molar-refractivity contribution in [1.82, 2.24) is 4.98 Å². The standard InChI is InChI=1S/C19H22N2O2S/c1-14(23-12-15-4-5-15)19(22)21-17-6-8-18(9-7-17)24-13-16-3-2-10-20-11-16/h2-3,6-11,14-15H,4-5,12-13H2,1H3,(H,21,22)/t14-/m1/s1. The van der Waals surface area contributed by atoms with Gasteiger partial charge in [0.1, 0.15) is 6.10 Å². The molecule has 0 radical (unpaired) electrons. The van der Waals surface area contributed by atoms with Crippen molar-refractivity contribution in [3.05, 3.63) is 54.4 Å². The quantitative estimate of drug-likeness (QED) is 0.733. The molecule has 1 aliphatic carbocycles. The molecule has 24 heavy (non-hydrogen) atoms. The van der Waals surface area contributed by atoms with Crippen molar-refractivity contribution in [2.45, 2.75) is 36.5 Å². The molecule has 1 aromatic heterocycles. The van der Waals surface area contributed by atoms with Crippen LogP contribution in [0, 0.1) is 5.92 Å². The van der Waals surface area contributed by atoms with Gasteiger partial charge in [-0.1, -0.05) is 6.07 Å². The number of carbonyl (C=O) groups is 1. The minimum atomic E-state index is -0.412. The summed E-state index contributed by atoms with van der Waals surface area (Å²) in [5.41, 5.74) is 1.99. The van der Waals surface area contributed by atoms with Gasteiger partial charge in [-0.05, 0) is 61.6 Å². The molecule has 0 aliphatic heterocycles. The predicted octanol–water partition coefficient (Wildman–Crippen LogP) is 4.13. The number of thioether (sulfide) groups is 1. The van der Waals surface area contributed by atoms with E-state index in [0.717, 1.165) is 16.3 Å². The minimum absolute atomic E-state index is 0.0913. The van der Waals surface area contributed by atoms with Crippen LogP contribution in [0.25, 0.3) is 0 Å². The Kier molecular flexibility index (Phi) is 5.88. The van der Waals surface area contributed by atoms with Crippen LogP contribution >= 0.6 is 11.8 Å². The van der Waals surface area contributed by atoms with Gasteiger partial charge in [0.25, 0.3) is 5.91 Å². The largest absolute Gasteiger partial charge is 0.368 e. The van der Waals surface area contributed by atoms with Crippen LogP contribution in [0.4, 0.5) is 5.69 Å². The van der Waals surface area contributed by atoms with Gasteiger partial charge in [-0.25, -0.2) is 0 Å². The van der Waals surface area contributed by atoms with E-state index in [9.17, 15) is 4.79 Å². The summed E-state index contributed by atoms with van der Waals surface area (Å²) in [6.07, 6.45) is 5.70. The van der Waals surface area contributed by atoms with Gasteiger partial charge in [0, 0.05) is 28.7 Å². The van der Waals surface area contributed by atoms with Gasteiger partial charge < -0.3 is 10.1 Å². The first-order valence-electron chi connectivity index (χ1n) is 8.25. The molecule has 1 amide bonds. The monoisotopic (exact) mass is 342 g/mol. The molecule has 1 aromatic carbocycles. The Morgan fingerprint density at radius 3 is 2.79 bits per heavy atom. The maximum absolute atomic E-state index is 12.1. The predicted molar refractivity (Wildman–Crippen MR) is 97.0 cm³/mol.